The number of rotatable bonds is 29. The van der Waals surface area contributed by atoms with Crippen LogP contribution in [0.4, 0.5) is 0 Å². The summed E-state index contributed by atoms with van der Waals surface area (Å²) in [6.45, 7) is 6.81. The normalized spacial score (nSPS) is 13.1. The molecule has 0 heterocycles. The van der Waals surface area contributed by atoms with Crippen LogP contribution < -0.4 is 0 Å². The van der Waals surface area contributed by atoms with Crippen LogP contribution in [-0.2, 0) is 9.53 Å². The lowest BCUT2D eigenvalue weighted by Crippen LogP contribution is -2.30. The highest BCUT2D eigenvalue weighted by atomic mass is 16.5. The second kappa shape index (κ2) is 29.0. The molecule has 0 fully saturated rings. The molecule has 0 radical (unpaired) electrons. The Morgan fingerprint density at radius 1 is 0.500 bits per heavy atom. The van der Waals surface area contributed by atoms with E-state index in [1.54, 1.807) is 0 Å². The van der Waals surface area contributed by atoms with Crippen LogP contribution in [0.3, 0.4) is 0 Å². The number of ether oxygens (including phenoxy) is 1. The zero-order chi connectivity index (χ0) is 26.5. The maximum Gasteiger partial charge on any atom is 0.311 e. The number of hydrogen-bond acceptors (Lipinski definition) is 3. The molecule has 0 aliphatic rings. The highest BCUT2D eigenvalue weighted by Gasteiger charge is 2.27. The van der Waals surface area contributed by atoms with Crippen LogP contribution in [0.15, 0.2) is 0 Å². The predicted octanol–water partition coefficient (Wildman–Crippen LogP) is 10.7. The quantitative estimate of drug-likeness (QED) is 0.0803. The standard InChI is InChI=1S/C33H66O3/c1-4-7-9-11-13-15-17-18-20-21-23-25-27-29-31(33(35)36-6-3)32(34)30-28-26-24-22-19-16-14-12-10-8-5-2/h31-32,34H,4-30H2,1-3H3. The lowest BCUT2D eigenvalue weighted by molar-refractivity contribution is -0.152. The molecule has 3 heteroatoms. The van der Waals surface area contributed by atoms with E-state index in [-0.39, 0.29) is 11.9 Å². The third-order valence-corrected chi connectivity index (χ3v) is 7.78. The Labute approximate surface area is 226 Å². The minimum Gasteiger partial charge on any atom is -0.466 e. The molecule has 0 saturated heterocycles. The molecule has 0 aliphatic heterocycles. The first-order valence-corrected chi connectivity index (χ1v) is 16.5. The summed E-state index contributed by atoms with van der Waals surface area (Å²) in [7, 11) is 0. The maximum absolute atomic E-state index is 12.5. The lowest BCUT2D eigenvalue weighted by atomic mass is 9.91. The van der Waals surface area contributed by atoms with Gasteiger partial charge in [0.2, 0.25) is 0 Å². The summed E-state index contributed by atoms with van der Waals surface area (Å²) in [6.07, 6.45) is 32.6. The van der Waals surface area contributed by atoms with Gasteiger partial charge in [-0.25, -0.2) is 0 Å². The molecule has 1 N–H and O–H groups in total. The molecule has 216 valence electrons. The van der Waals surface area contributed by atoms with Gasteiger partial charge in [0.05, 0.1) is 18.6 Å². The van der Waals surface area contributed by atoms with Crippen molar-refractivity contribution in [3.8, 4) is 0 Å². The Hall–Kier alpha value is -0.570. The number of carbonyl (C=O) groups excluding carboxylic acids is 1. The maximum atomic E-state index is 12.5. The minimum absolute atomic E-state index is 0.188. The summed E-state index contributed by atoms with van der Waals surface area (Å²) in [4.78, 5) is 12.5. The molecular formula is C33H66O3. The number of aliphatic hydroxyl groups is 1. The molecule has 0 aliphatic carbocycles. The van der Waals surface area contributed by atoms with Crippen molar-refractivity contribution in [3.63, 3.8) is 0 Å². The summed E-state index contributed by atoms with van der Waals surface area (Å²) in [6, 6.07) is 0. The number of hydrogen-bond donors (Lipinski definition) is 1. The summed E-state index contributed by atoms with van der Waals surface area (Å²) >= 11 is 0. The number of aliphatic hydroxyl groups excluding tert-OH is 1. The number of carbonyl (C=O) groups is 1. The van der Waals surface area contributed by atoms with Crippen LogP contribution >= 0.6 is 0 Å². The highest BCUT2D eigenvalue weighted by Crippen LogP contribution is 2.22. The van der Waals surface area contributed by atoms with Crippen LogP contribution in [0.2, 0.25) is 0 Å². The Bertz CT molecular complexity index is 437. The van der Waals surface area contributed by atoms with Crippen molar-refractivity contribution in [2.24, 2.45) is 5.92 Å². The zero-order valence-electron chi connectivity index (χ0n) is 25.0. The Morgan fingerprint density at radius 3 is 1.14 bits per heavy atom. The molecule has 0 aromatic heterocycles. The van der Waals surface area contributed by atoms with Gasteiger partial charge in [-0.3, -0.25) is 4.79 Å². The van der Waals surface area contributed by atoms with E-state index in [1.807, 2.05) is 6.92 Å². The first-order chi connectivity index (χ1) is 17.7. The molecule has 0 aromatic carbocycles. The second-order valence-corrected chi connectivity index (χ2v) is 11.3. The molecule has 0 amide bonds. The van der Waals surface area contributed by atoms with Gasteiger partial charge < -0.3 is 9.84 Å². The van der Waals surface area contributed by atoms with Gasteiger partial charge in [-0.05, 0) is 19.8 Å². The van der Waals surface area contributed by atoms with Gasteiger partial charge in [0.15, 0.2) is 0 Å². The summed E-state index contributed by atoms with van der Waals surface area (Å²) in [5.41, 5.74) is 0. The SMILES string of the molecule is CCCCCCCCCCCCCCCC(C(=O)OCC)C(O)CCCCCCCCCCCCC. The van der Waals surface area contributed by atoms with E-state index < -0.39 is 6.10 Å². The predicted molar refractivity (Wildman–Crippen MR) is 158 cm³/mol. The van der Waals surface area contributed by atoms with E-state index in [0.717, 1.165) is 32.1 Å². The van der Waals surface area contributed by atoms with Crippen LogP contribution in [0, 0.1) is 5.92 Å². The van der Waals surface area contributed by atoms with Gasteiger partial charge >= 0.3 is 5.97 Å². The van der Waals surface area contributed by atoms with Gasteiger partial charge in [0, 0.05) is 0 Å². The molecule has 0 rings (SSSR count). The van der Waals surface area contributed by atoms with Crippen molar-refractivity contribution in [2.45, 2.75) is 194 Å². The zero-order valence-corrected chi connectivity index (χ0v) is 25.0. The van der Waals surface area contributed by atoms with Crippen LogP contribution in [-0.4, -0.2) is 23.8 Å². The van der Waals surface area contributed by atoms with Crippen molar-refractivity contribution in [2.75, 3.05) is 6.61 Å². The van der Waals surface area contributed by atoms with E-state index in [9.17, 15) is 9.90 Å². The molecule has 2 unspecified atom stereocenters. The van der Waals surface area contributed by atoms with Crippen molar-refractivity contribution in [1.82, 2.24) is 0 Å². The molecule has 0 saturated carbocycles. The third-order valence-electron chi connectivity index (χ3n) is 7.78. The molecule has 0 aromatic rings. The fourth-order valence-electron chi connectivity index (χ4n) is 5.32. The monoisotopic (exact) mass is 511 g/mol. The summed E-state index contributed by atoms with van der Waals surface area (Å²) in [5.74, 6) is -0.521. The van der Waals surface area contributed by atoms with E-state index >= 15 is 0 Å². The Balaban J connectivity index is 3.81. The van der Waals surface area contributed by atoms with E-state index in [2.05, 4.69) is 13.8 Å². The highest BCUT2D eigenvalue weighted by molar-refractivity contribution is 5.73. The molecule has 36 heavy (non-hydrogen) atoms. The summed E-state index contributed by atoms with van der Waals surface area (Å²) < 4.78 is 5.30. The largest absolute Gasteiger partial charge is 0.466 e. The van der Waals surface area contributed by atoms with Gasteiger partial charge in [-0.15, -0.1) is 0 Å². The van der Waals surface area contributed by atoms with E-state index in [4.69, 9.17) is 4.74 Å². The Kier molecular flexibility index (Phi) is 28.5. The fraction of sp³-hybridized carbons (Fsp3) is 0.970. The number of esters is 1. The van der Waals surface area contributed by atoms with Gasteiger partial charge in [-0.1, -0.05) is 168 Å². The van der Waals surface area contributed by atoms with Crippen LogP contribution in [0.1, 0.15) is 188 Å². The van der Waals surface area contributed by atoms with Gasteiger partial charge in [0.1, 0.15) is 0 Å². The Morgan fingerprint density at radius 2 is 0.806 bits per heavy atom. The first kappa shape index (κ1) is 35.4. The van der Waals surface area contributed by atoms with E-state index in [1.165, 1.54) is 135 Å². The molecule has 2 atom stereocenters. The fourth-order valence-corrected chi connectivity index (χ4v) is 5.32. The second-order valence-electron chi connectivity index (χ2n) is 11.3. The van der Waals surface area contributed by atoms with E-state index in [0.29, 0.717) is 6.61 Å². The molecular weight excluding hydrogens is 444 g/mol. The smallest absolute Gasteiger partial charge is 0.311 e. The topological polar surface area (TPSA) is 46.5 Å². The third kappa shape index (κ3) is 23.8. The van der Waals surface area contributed by atoms with Crippen molar-refractivity contribution < 1.29 is 14.6 Å². The molecule has 3 nitrogen and oxygen atoms in total. The van der Waals surface area contributed by atoms with Crippen LogP contribution in [0.5, 0.6) is 0 Å². The lowest BCUT2D eigenvalue weighted by Gasteiger charge is -2.21. The van der Waals surface area contributed by atoms with Crippen molar-refractivity contribution in [1.29, 1.82) is 0 Å². The first-order valence-electron chi connectivity index (χ1n) is 16.5. The van der Waals surface area contributed by atoms with Crippen LogP contribution in [0.25, 0.3) is 0 Å². The minimum atomic E-state index is -0.542. The molecule has 0 spiro atoms. The summed E-state index contributed by atoms with van der Waals surface area (Å²) in [5, 5.41) is 10.7. The van der Waals surface area contributed by atoms with Crippen molar-refractivity contribution in [3.05, 3.63) is 0 Å². The van der Waals surface area contributed by atoms with Gasteiger partial charge in [-0.2, -0.15) is 0 Å². The average molecular weight is 511 g/mol. The number of unbranched alkanes of at least 4 members (excludes halogenated alkanes) is 22. The molecule has 0 bridgehead atoms. The van der Waals surface area contributed by atoms with Gasteiger partial charge in [0.25, 0.3) is 0 Å². The average Bonchev–Trinajstić information content (AvgIpc) is 2.87. The van der Waals surface area contributed by atoms with Crippen molar-refractivity contribution >= 4 is 5.97 Å².